The zero-order chi connectivity index (χ0) is 19.4. The number of carbonyl (C=O) groups is 2. The van der Waals surface area contributed by atoms with Crippen molar-refractivity contribution in [3.63, 3.8) is 0 Å². The quantitative estimate of drug-likeness (QED) is 0.420. The average Bonchev–Trinajstić information content (AvgIpc) is 3.28. The van der Waals surface area contributed by atoms with Crippen LogP contribution in [-0.4, -0.2) is 50.1 Å². The highest BCUT2D eigenvalue weighted by atomic mass is 32.1. The van der Waals surface area contributed by atoms with E-state index in [1.165, 1.54) is 11.7 Å². The fourth-order valence-electron chi connectivity index (χ4n) is 2.23. The first kappa shape index (κ1) is 18.7. The van der Waals surface area contributed by atoms with Crippen LogP contribution in [0.25, 0.3) is 5.69 Å². The molecule has 10 nitrogen and oxygen atoms in total. The Bertz CT molecular complexity index is 1040. The molecule has 0 saturated carbocycles. The first-order chi connectivity index (χ1) is 13.1. The van der Waals surface area contributed by atoms with Crippen molar-refractivity contribution in [2.75, 3.05) is 19.0 Å². The molecule has 0 radical (unpaired) electrons. The predicted octanol–water partition coefficient (Wildman–Crippen LogP) is 2.06. The van der Waals surface area contributed by atoms with E-state index in [9.17, 15) is 9.59 Å². The van der Waals surface area contributed by atoms with E-state index in [0.717, 1.165) is 11.5 Å². The Kier molecular flexibility index (Phi) is 5.57. The number of ether oxygens (including phenoxy) is 1. The number of amides is 1. The van der Waals surface area contributed by atoms with Gasteiger partial charge in [-0.25, -0.2) is 14.7 Å². The molecular weight excluding hydrogens is 390 g/mol. The summed E-state index contributed by atoms with van der Waals surface area (Å²) < 4.78 is 10.5. The Morgan fingerprint density at radius 2 is 2.11 bits per heavy atom. The molecule has 140 valence electrons. The summed E-state index contributed by atoms with van der Waals surface area (Å²) in [6.07, 6.45) is 0. The molecule has 0 fully saturated rings. The first-order valence-corrected chi connectivity index (χ1v) is 9.00. The molecule has 0 atom stereocenters. The third kappa shape index (κ3) is 3.71. The molecule has 0 saturated heterocycles. The van der Waals surface area contributed by atoms with Crippen LogP contribution in [0.2, 0.25) is 0 Å². The molecule has 27 heavy (non-hydrogen) atoms. The highest BCUT2D eigenvalue weighted by molar-refractivity contribution is 7.71. The van der Waals surface area contributed by atoms with Crippen LogP contribution in [-0.2, 0) is 4.74 Å². The molecule has 1 amide bonds. The number of rotatable bonds is 6. The zero-order valence-corrected chi connectivity index (χ0v) is 16.0. The van der Waals surface area contributed by atoms with Crippen LogP contribution in [0.4, 0.5) is 10.7 Å². The summed E-state index contributed by atoms with van der Waals surface area (Å²) in [5.74, 6) is -0.956. The lowest BCUT2D eigenvalue weighted by Crippen LogP contribution is -2.18. The van der Waals surface area contributed by atoms with E-state index < -0.39 is 11.9 Å². The van der Waals surface area contributed by atoms with Gasteiger partial charge in [-0.05, 0) is 19.1 Å². The SMILES string of the molecule is CCOC(=O)c1nnsc1Nc1ccccc1-n1[nH]nc(C(=O)NC)c1=S. The van der Waals surface area contributed by atoms with E-state index in [4.69, 9.17) is 17.0 Å². The number of hydrogen-bond acceptors (Lipinski definition) is 9. The van der Waals surface area contributed by atoms with Crippen LogP contribution in [0.5, 0.6) is 0 Å². The number of aromatic nitrogens is 5. The largest absolute Gasteiger partial charge is 0.461 e. The number of nitrogens with one attached hydrogen (secondary N) is 3. The summed E-state index contributed by atoms with van der Waals surface area (Å²) in [4.78, 5) is 23.8. The topological polar surface area (TPSA) is 127 Å². The van der Waals surface area contributed by atoms with Crippen LogP contribution in [0.1, 0.15) is 27.9 Å². The molecule has 12 heteroatoms. The molecule has 0 aliphatic heterocycles. The van der Waals surface area contributed by atoms with Gasteiger partial charge in [0.05, 0.1) is 18.0 Å². The van der Waals surface area contributed by atoms with Gasteiger partial charge in [0.25, 0.3) is 5.91 Å². The number of esters is 1. The summed E-state index contributed by atoms with van der Waals surface area (Å²) in [5, 5.41) is 16.5. The third-order valence-corrected chi connectivity index (χ3v) is 4.48. The van der Waals surface area contributed by atoms with Crippen molar-refractivity contribution in [3.05, 3.63) is 40.3 Å². The molecule has 0 spiro atoms. The monoisotopic (exact) mass is 405 g/mol. The van der Waals surface area contributed by atoms with Crippen molar-refractivity contribution in [3.8, 4) is 5.69 Å². The molecular formula is C15H15N7O3S2. The van der Waals surface area contributed by atoms with Crippen molar-refractivity contribution in [2.24, 2.45) is 0 Å². The second-order valence-electron chi connectivity index (χ2n) is 5.09. The lowest BCUT2D eigenvalue weighted by atomic mass is 10.2. The van der Waals surface area contributed by atoms with Gasteiger partial charge >= 0.3 is 5.97 Å². The van der Waals surface area contributed by atoms with Gasteiger partial charge in [-0.15, -0.1) is 5.10 Å². The van der Waals surface area contributed by atoms with Gasteiger partial charge in [0.2, 0.25) is 5.69 Å². The normalized spacial score (nSPS) is 10.4. The van der Waals surface area contributed by atoms with E-state index in [-0.39, 0.29) is 22.6 Å². The molecule has 0 unspecified atom stereocenters. The third-order valence-electron chi connectivity index (χ3n) is 3.46. The van der Waals surface area contributed by atoms with E-state index in [1.807, 2.05) is 6.07 Å². The van der Waals surface area contributed by atoms with E-state index >= 15 is 0 Å². The predicted molar refractivity (Wildman–Crippen MR) is 101 cm³/mol. The average molecular weight is 405 g/mol. The van der Waals surface area contributed by atoms with Crippen LogP contribution in [0.15, 0.2) is 24.3 Å². The van der Waals surface area contributed by atoms with Gasteiger partial charge in [0.15, 0.2) is 10.3 Å². The molecule has 0 bridgehead atoms. The number of nitrogens with zero attached hydrogens (tertiary/aromatic N) is 4. The lowest BCUT2D eigenvalue weighted by molar-refractivity contribution is 0.0520. The zero-order valence-electron chi connectivity index (χ0n) is 14.3. The number of benzene rings is 1. The summed E-state index contributed by atoms with van der Waals surface area (Å²) >= 11 is 6.37. The van der Waals surface area contributed by atoms with E-state index in [1.54, 1.807) is 25.1 Å². The van der Waals surface area contributed by atoms with Crippen LogP contribution in [0, 0.1) is 4.64 Å². The van der Waals surface area contributed by atoms with Crippen molar-refractivity contribution in [2.45, 2.75) is 6.92 Å². The molecule has 0 aliphatic rings. The summed E-state index contributed by atoms with van der Waals surface area (Å²) in [7, 11) is 1.50. The number of aromatic amines is 1. The van der Waals surface area contributed by atoms with Gasteiger partial charge in [-0.3, -0.25) is 4.79 Å². The van der Waals surface area contributed by atoms with E-state index in [0.29, 0.717) is 16.4 Å². The van der Waals surface area contributed by atoms with Crippen LogP contribution < -0.4 is 10.6 Å². The Balaban J connectivity index is 1.99. The van der Waals surface area contributed by atoms with Gasteiger partial charge in [0, 0.05) is 18.6 Å². The molecule has 1 aromatic carbocycles. The smallest absolute Gasteiger partial charge is 0.362 e. The Morgan fingerprint density at radius 3 is 2.85 bits per heavy atom. The van der Waals surface area contributed by atoms with Gasteiger partial charge in [0.1, 0.15) is 5.00 Å². The van der Waals surface area contributed by atoms with Crippen molar-refractivity contribution in [1.82, 2.24) is 29.9 Å². The first-order valence-electron chi connectivity index (χ1n) is 7.82. The van der Waals surface area contributed by atoms with E-state index in [2.05, 4.69) is 30.5 Å². The molecule has 3 aromatic rings. The standard InChI is InChI=1S/C15H15N7O3S2/c1-3-25-15(24)11-13(27-21-19-11)17-8-6-4-5-7-9(8)22-14(26)10(18-20-22)12(23)16-2/h4-7,17,20H,3H2,1-2H3,(H,16,23). The van der Waals surface area contributed by atoms with Gasteiger partial charge < -0.3 is 15.4 Å². The molecule has 3 N–H and O–H groups in total. The fraction of sp³-hybridized carbons (Fsp3) is 0.200. The minimum Gasteiger partial charge on any atom is -0.461 e. The van der Waals surface area contributed by atoms with Crippen LogP contribution >= 0.6 is 23.8 Å². The summed E-state index contributed by atoms with van der Waals surface area (Å²) in [6, 6.07) is 7.18. The van der Waals surface area contributed by atoms with Crippen molar-refractivity contribution < 1.29 is 14.3 Å². The maximum atomic E-state index is 12.0. The van der Waals surface area contributed by atoms with Gasteiger partial charge in [-0.2, -0.15) is 5.10 Å². The molecule has 2 aromatic heterocycles. The number of carbonyl (C=O) groups excluding carboxylic acids is 2. The number of hydrogen-bond donors (Lipinski definition) is 3. The van der Waals surface area contributed by atoms with Crippen molar-refractivity contribution >= 4 is 46.3 Å². The molecule has 2 heterocycles. The maximum absolute atomic E-state index is 12.0. The fourth-order valence-corrected chi connectivity index (χ4v) is 3.08. The second-order valence-corrected chi connectivity index (χ2v) is 6.23. The molecule has 0 aliphatic carbocycles. The van der Waals surface area contributed by atoms with Crippen LogP contribution in [0.3, 0.4) is 0 Å². The molecule has 3 rings (SSSR count). The minimum atomic E-state index is -0.564. The summed E-state index contributed by atoms with van der Waals surface area (Å²) in [5.41, 5.74) is 1.41. The summed E-state index contributed by atoms with van der Waals surface area (Å²) in [6.45, 7) is 1.95. The number of H-pyrrole nitrogens is 1. The Hall–Kier alpha value is -3.12. The Morgan fingerprint density at radius 1 is 1.33 bits per heavy atom. The highest BCUT2D eigenvalue weighted by Gasteiger charge is 2.20. The highest BCUT2D eigenvalue weighted by Crippen LogP contribution is 2.28. The second kappa shape index (κ2) is 8.05. The van der Waals surface area contributed by atoms with Crippen molar-refractivity contribution in [1.29, 1.82) is 0 Å². The Labute approximate surface area is 162 Å². The minimum absolute atomic E-state index is 0.0934. The lowest BCUT2D eigenvalue weighted by Gasteiger charge is -2.11. The van der Waals surface area contributed by atoms with Gasteiger partial charge in [-0.1, -0.05) is 28.8 Å². The number of para-hydroxylation sites is 2. The maximum Gasteiger partial charge on any atom is 0.362 e. The number of anilines is 2.